The van der Waals surface area contributed by atoms with Gasteiger partial charge in [0.05, 0.1) is 11.8 Å². The standard InChI is InChI=1S/C16H16Cl2N3O.3ClH.Zn/c1-3-21(4-2)15-9-13(18)14(20-19)10-16(15)22-12-7-5-11(17)6-8-12;;;;/h5-10H,3-4H2,1-2H3;3*1H;/q+1;;;;+2/p-3. The molecule has 0 fully saturated rings. The average molecular weight is 509 g/mol. The zero-order chi connectivity index (χ0) is 19.7. The summed E-state index contributed by atoms with van der Waals surface area (Å²) >= 11 is 9.80. The predicted molar refractivity (Wildman–Crippen MR) is 109 cm³/mol. The molecule has 0 radical (unpaired) electrons. The van der Waals surface area contributed by atoms with Gasteiger partial charge in [-0.15, -0.1) is 0 Å². The number of benzene rings is 2. The molecule has 10 heteroatoms. The van der Waals surface area contributed by atoms with Crippen LogP contribution in [0.15, 0.2) is 36.4 Å². The number of hydrogen-bond donors (Lipinski definition) is 0. The van der Waals surface area contributed by atoms with E-state index in [4.69, 9.17) is 62.4 Å². The third kappa shape index (κ3) is 7.65. The van der Waals surface area contributed by atoms with E-state index < -0.39 is 13.0 Å². The first-order chi connectivity index (χ1) is 12.3. The van der Waals surface area contributed by atoms with Gasteiger partial charge in [-0.25, -0.2) is 0 Å². The second-order valence-electron chi connectivity index (χ2n) is 4.90. The van der Waals surface area contributed by atoms with Gasteiger partial charge in [0.15, 0.2) is 10.7 Å². The van der Waals surface area contributed by atoms with Crippen molar-refractivity contribution in [1.82, 2.24) is 0 Å². The van der Waals surface area contributed by atoms with Crippen LogP contribution >= 0.6 is 52.3 Å². The summed E-state index contributed by atoms with van der Waals surface area (Å²) < 4.78 is 5.92. The Labute approximate surface area is 180 Å². The van der Waals surface area contributed by atoms with Crippen molar-refractivity contribution in [3.8, 4) is 11.5 Å². The molecule has 26 heavy (non-hydrogen) atoms. The van der Waals surface area contributed by atoms with Crippen LogP contribution in [0.1, 0.15) is 13.8 Å². The van der Waals surface area contributed by atoms with Crippen LogP contribution in [-0.2, 0) is 13.0 Å². The molecule has 4 nitrogen and oxygen atoms in total. The minimum atomic E-state index is -2.21. The van der Waals surface area contributed by atoms with Crippen LogP contribution in [0, 0.1) is 5.39 Å². The van der Waals surface area contributed by atoms with Crippen LogP contribution in [-0.4, -0.2) is 13.1 Å². The molecule has 0 heterocycles. The third-order valence-electron chi connectivity index (χ3n) is 3.28. The summed E-state index contributed by atoms with van der Waals surface area (Å²) in [4.78, 5) is 5.30. The molecular weight excluding hydrogens is 493 g/mol. The topological polar surface area (TPSA) is 40.6 Å². The van der Waals surface area contributed by atoms with Crippen LogP contribution in [0.2, 0.25) is 10.0 Å². The molecule has 2 rings (SSSR count). The normalized spacial score (nSPS) is 9.62. The summed E-state index contributed by atoms with van der Waals surface area (Å²) in [5.74, 6) is 1.22. The Kier molecular flexibility index (Phi) is 11.0. The zero-order valence-corrected chi connectivity index (χ0v) is 21.0. The van der Waals surface area contributed by atoms with E-state index in [-0.39, 0.29) is 5.69 Å². The van der Waals surface area contributed by atoms with Crippen molar-refractivity contribution in [3.63, 3.8) is 0 Å². The van der Waals surface area contributed by atoms with E-state index in [1.807, 2.05) is 13.8 Å². The average Bonchev–Trinajstić information content (AvgIpc) is 2.59. The molecule has 0 aliphatic carbocycles. The summed E-state index contributed by atoms with van der Waals surface area (Å²) in [5, 5.41) is 10.0. The molecule has 0 N–H and O–H groups in total. The number of rotatable bonds is 5. The SMILES string of the molecule is CCN(CC)c1cc(Cl)c([N+]#N)cc1Oc1ccc(Cl)cc1.[Cl][Zn-]([Cl])[Cl]. The van der Waals surface area contributed by atoms with Gasteiger partial charge in [-0.3, -0.25) is 0 Å². The van der Waals surface area contributed by atoms with Crippen molar-refractivity contribution in [1.29, 1.82) is 5.39 Å². The fourth-order valence-corrected chi connectivity index (χ4v) is 2.45. The Morgan fingerprint density at radius 3 is 2.04 bits per heavy atom. The molecule has 0 spiro atoms. The van der Waals surface area contributed by atoms with Crippen molar-refractivity contribution in [3.05, 3.63) is 51.4 Å². The van der Waals surface area contributed by atoms with E-state index in [9.17, 15) is 0 Å². The van der Waals surface area contributed by atoms with E-state index in [0.29, 0.717) is 21.5 Å². The molecule has 0 saturated heterocycles. The maximum absolute atomic E-state index is 9.04. The number of hydrogen-bond acceptors (Lipinski definition) is 3. The molecule has 0 aliphatic rings. The van der Waals surface area contributed by atoms with Crippen molar-refractivity contribution >= 4 is 63.6 Å². The van der Waals surface area contributed by atoms with Crippen LogP contribution in [0.3, 0.4) is 0 Å². The van der Waals surface area contributed by atoms with E-state index in [1.165, 1.54) is 0 Å². The van der Waals surface area contributed by atoms with Gasteiger partial charge in [-0.1, -0.05) is 23.2 Å². The number of nitrogens with zero attached hydrogens (tertiary/aromatic N) is 3. The van der Waals surface area contributed by atoms with E-state index >= 15 is 0 Å². The van der Waals surface area contributed by atoms with Gasteiger partial charge in [0, 0.05) is 18.1 Å². The molecule has 0 unspecified atom stereocenters. The first-order valence-electron chi connectivity index (χ1n) is 7.76. The summed E-state index contributed by atoms with van der Waals surface area (Å²) in [6.07, 6.45) is 0. The monoisotopic (exact) mass is 505 g/mol. The number of halogens is 5. The molecule has 0 aliphatic heterocycles. The molecule has 2 aromatic rings. The van der Waals surface area contributed by atoms with Gasteiger partial charge < -0.3 is 9.64 Å². The third-order valence-corrected chi connectivity index (χ3v) is 3.84. The molecular formula is C16H16Cl5N3OZn. The van der Waals surface area contributed by atoms with Gasteiger partial charge in [-0.2, -0.15) is 0 Å². The van der Waals surface area contributed by atoms with E-state index in [2.05, 4.69) is 9.88 Å². The van der Waals surface area contributed by atoms with E-state index in [1.54, 1.807) is 36.4 Å². The van der Waals surface area contributed by atoms with E-state index in [0.717, 1.165) is 18.8 Å². The molecule has 2 aromatic carbocycles. The molecule has 138 valence electrons. The van der Waals surface area contributed by atoms with Gasteiger partial charge in [-0.05, 0) is 44.2 Å². The van der Waals surface area contributed by atoms with Crippen molar-refractivity contribution in [2.45, 2.75) is 13.8 Å². The zero-order valence-electron chi connectivity index (χ0n) is 14.2. The Hall–Kier alpha value is -0.467. The summed E-state index contributed by atoms with van der Waals surface area (Å²) in [5.41, 5.74) is 1.11. The Morgan fingerprint density at radius 1 is 1.04 bits per heavy atom. The predicted octanol–water partition coefficient (Wildman–Crippen LogP) is 8.18. The summed E-state index contributed by atoms with van der Waals surface area (Å²) in [6.45, 7) is 5.71. The van der Waals surface area contributed by atoms with Crippen molar-refractivity contribution in [2.24, 2.45) is 0 Å². The van der Waals surface area contributed by atoms with Gasteiger partial charge in [0.25, 0.3) is 0 Å². The number of diazo groups is 1. The first-order valence-corrected chi connectivity index (χ1v) is 20.2. The Morgan fingerprint density at radius 2 is 1.58 bits per heavy atom. The summed E-state index contributed by atoms with van der Waals surface area (Å²) in [6, 6.07) is 10.4. The number of anilines is 1. The minimum absolute atomic E-state index is 0.265. The van der Waals surface area contributed by atoms with Crippen LogP contribution in [0.25, 0.3) is 4.98 Å². The van der Waals surface area contributed by atoms with Crippen molar-refractivity contribution < 1.29 is 17.7 Å². The van der Waals surface area contributed by atoms with Crippen LogP contribution in [0.5, 0.6) is 11.5 Å². The molecule has 0 saturated carbocycles. The molecule has 0 aromatic heterocycles. The quantitative estimate of drug-likeness (QED) is 0.302. The summed E-state index contributed by atoms with van der Waals surface area (Å²) in [7, 11) is 15.0. The van der Waals surface area contributed by atoms with Crippen LogP contribution < -0.4 is 9.64 Å². The second kappa shape index (κ2) is 12.1. The Balaban J connectivity index is 0.000000765. The molecule has 0 atom stereocenters. The fraction of sp³-hybridized carbons (Fsp3) is 0.250. The molecule has 0 amide bonds. The maximum atomic E-state index is 9.04. The first kappa shape index (κ1) is 23.6. The van der Waals surface area contributed by atoms with Gasteiger partial charge in [0.1, 0.15) is 10.8 Å². The Bertz CT molecular complexity index is 746. The van der Waals surface area contributed by atoms with Gasteiger partial charge >= 0.3 is 47.7 Å². The van der Waals surface area contributed by atoms with Crippen LogP contribution in [0.4, 0.5) is 11.4 Å². The molecule has 0 bridgehead atoms. The second-order valence-corrected chi connectivity index (χ2v) is 19.6. The fourth-order valence-electron chi connectivity index (χ4n) is 2.13. The van der Waals surface area contributed by atoms with Gasteiger partial charge in [0.2, 0.25) is 5.39 Å². The number of ether oxygens (including phenoxy) is 1. The van der Waals surface area contributed by atoms with Crippen molar-refractivity contribution in [2.75, 3.05) is 18.0 Å².